The van der Waals surface area contributed by atoms with Crippen molar-refractivity contribution in [3.8, 4) is 0 Å². The second-order valence-electron chi connectivity index (χ2n) is 11.8. The first-order valence-electron chi connectivity index (χ1n) is 14.0. The minimum absolute atomic E-state index is 0.00798. The standard InChI is InChI=1S/C32H41NO6SSi/c1-24-16-18-25(19-17-24)40(36,37)33-21-20-28(29(33)22-31(35)38-5)30(34)23-39-41(32(2,3)4,26-12-8-6-9-13-26)27-14-10-7-11-15-27/h6-19,28-30,34H,20-23H2,1-5H3/t28-,29+,30-/m0/s1. The van der Waals surface area contributed by atoms with Gasteiger partial charge in [-0.25, -0.2) is 8.42 Å². The van der Waals surface area contributed by atoms with Crippen LogP contribution in [0.15, 0.2) is 89.8 Å². The number of nitrogens with zero attached hydrogens (tertiary/aromatic N) is 1. The van der Waals surface area contributed by atoms with E-state index in [1.165, 1.54) is 11.4 Å². The fourth-order valence-electron chi connectivity index (χ4n) is 6.04. The number of ether oxygens (including phenoxy) is 1. The summed E-state index contributed by atoms with van der Waals surface area (Å²) in [5.74, 6) is -1.03. The van der Waals surface area contributed by atoms with Crippen LogP contribution in [0, 0.1) is 12.8 Å². The third kappa shape index (κ3) is 6.34. The molecule has 3 aromatic carbocycles. The molecular weight excluding hydrogens is 555 g/mol. The van der Waals surface area contributed by atoms with E-state index in [1.807, 2.05) is 43.3 Å². The molecule has 0 aromatic heterocycles. The van der Waals surface area contributed by atoms with Crippen LogP contribution in [0.3, 0.4) is 0 Å². The molecule has 0 spiro atoms. The third-order valence-corrected chi connectivity index (χ3v) is 15.1. The number of aryl methyl sites for hydroxylation is 1. The molecule has 1 heterocycles. The highest BCUT2D eigenvalue weighted by Crippen LogP contribution is 2.39. The highest BCUT2D eigenvalue weighted by molar-refractivity contribution is 7.89. The highest BCUT2D eigenvalue weighted by atomic mass is 32.2. The lowest BCUT2D eigenvalue weighted by atomic mass is 9.92. The molecule has 3 atom stereocenters. The van der Waals surface area contributed by atoms with Gasteiger partial charge in [-0.15, -0.1) is 0 Å². The number of hydrogen-bond donors (Lipinski definition) is 1. The SMILES string of the molecule is COC(=O)C[C@@H]1[C@@H]([C@@H](O)CO[Si](c2ccccc2)(c2ccccc2)C(C)(C)C)CCN1S(=O)(=O)c1ccc(C)cc1. The molecule has 7 nitrogen and oxygen atoms in total. The fourth-order valence-corrected chi connectivity index (χ4v) is 12.3. The number of carbonyl (C=O) groups excluding carboxylic acids is 1. The maximum atomic E-state index is 13.7. The van der Waals surface area contributed by atoms with Gasteiger partial charge < -0.3 is 14.3 Å². The molecule has 220 valence electrons. The van der Waals surface area contributed by atoms with E-state index in [0.717, 1.165) is 15.9 Å². The van der Waals surface area contributed by atoms with E-state index in [1.54, 1.807) is 24.3 Å². The third-order valence-electron chi connectivity index (χ3n) is 8.16. The van der Waals surface area contributed by atoms with Gasteiger partial charge in [0.2, 0.25) is 10.0 Å². The number of esters is 1. The first-order valence-corrected chi connectivity index (χ1v) is 17.3. The Morgan fingerprint density at radius 1 is 0.976 bits per heavy atom. The number of benzene rings is 3. The summed E-state index contributed by atoms with van der Waals surface area (Å²) in [5, 5.41) is 13.5. The van der Waals surface area contributed by atoms with E-state index in [4.69, 9.17) is 9.16 Å². The Balaban J connectivity index is 1.67. The van der Waals surface area contributed by atoms with E-state index in [-0.39, 0.29) is 29.5 Å². The minimum Gasteiger partial charge on any atom is -0.469 e. The smallest absolute Gasteiger partial charge is 0.307 e. The van der Waals surface area contributed by atoms with Crippen molar-refractivity contribution in [3.05, 3.63) is 90.5 Å². The van der Waals surface area contributed by atoms with Gasteiger partial charge >= 0.3 is 5.97 Å². The Hall–Kier alpha value is -2.82. The van der Waals surface area contributed by atoms with Crippen LogP contribution in [0.5, 0.6) is 0 Å². The molecule has 0 bridgehead atoms. The summed E-state index contributed by atoms with van der Waals surface area (Å²) in [6, 6.07) is 26.2. The Kier molecular flexibility index (Phi) is 9.55. The van der Waals surface area contributed by atoms with Gasteiger partial charge in [0.05, 0.1) is 31.1 Å². The number of methoxy groups -OCH3 is 1. The summed E-state index contributed by atoms with van der Waals surface area (Å²) in [6.45, 7) is 8.59. The van der Waals surface area contributed by atoms with Gasteiger partial charge in [-0.05, 0) is 40.9 Å². The average Bonchev–Trinajstić information content (AvgIpc) is 3.38. The zero-order valence-corrected chi connectivity index (χ0v) is 26.3. The van der Waals surface area contributed by atoms with Crippen molar-refractivity contribution in [1.82, 2.24) is 4.31 Å². The van der Waals surface area contributed by atoms with Crippen LogP contribution >= 0.6 is 0 Å². The summed E-state index contributed by atoms with van der Waals surface area (Å²) < 4.78 is 40.6. The number of aliphatic hydroxyl groups is 1. The zero-order valence-electron chi connectivity index (χ0n) is 24.5. The Bertz CT molecular complexity index is 1370. The lowest BCUT2D eigenvalue weighted by Crippen LogP contribution is -2.67. The molecule has 41 heavy (non-hydrogen) atoms. The van der Waals surface area contributed by atoms with Crippen molar-refractivity contribution in [2.24, 2.45) is 5.92 Å². The molecule has 1 N–H and O–H groups in total. The van der Waals surface area contributed by atoms with E-state index < -0.39 is 42.4 Å². The topological polar surface area (TPSA) is 93.1 Å². The van der Waals surface area contributed by atoms with Gasteiger partial charge in [0.25, 0.3) is 8.32 Å². The molecule has 1 aliphatic heterocycles. The van der Waals surface area contributed by atoms with Crippen LogP contribution in [-0.4, -0.2) is 64.5 Å². The van der Waals surface area contributed by atoms with Crippen molar-refractivity contribution in [3.63, 3.8) is 0 Å². The Morgan fingerprint density at radius 3 is 2.00 bits per heavy atom. The largest absolute Gasteiger partial charge is 0.469 e. The normalized spacial score (nSPS) is 19.2. The number of aliphatic hydroxyl groups excluding tert-OH is 1. The molecule has 4 rings (SSSR count). The molecular formula is C32H41NO6SSi. The van der Waals surface area contributed by atoms with Crippen LogP contribution in [0.25, 0.3) is 0 Å². The molecule has 0 radical (unpaired) electrons. The lowest BCUT2D eigenvalue weighted by molar-refractivity contribution is -0.142. The Morgan fingerprint density at radius 2 is 1.51 bits per heavy atom. The molecule has 0 unspecified atom stereocenters. The number of hydrogen-bond acceptors (Lipinski definition) is 6. The molecule has 1 fully saturated rings. The first kappa shape index (κ1) is 31.1. The molecule has 0 saturated carbocycles. The van der Waals surface area contributed by atoms with E-state index in [2.05, 4.69) is 45.0 Å². The lowest BCUT2D eigenvalue weighted by Gasteiger charge is -2.44. The molecule has 1 saturated heterocycles. The van der Waals surface area contributed by atoms with Crippen LogP contribution in [-0.2, 0) is 24.0 Å². The van der Waals surface area contributed by atoms with Gasteiger partial charge in [0, 0.05) is 18.5 Å². The maximum Gasteiger partial charge on any atom is 0.307 e. The second-order valence-corrected chi connectivity index (χ2v) is 18.0. The number of sulfonamides is 1. The second kappa shape index (κ2) is 12.6. The first-order chi connectivity index (χ1) is 19.4. The highest BCUT2D eigenvalue weighted by Gasteiger charge is 2.52. The predicted molar refractivity (Wildman–Crippen MR) is 163 cm³/mol. The van der Waals surface area contributed by atoms with Crippen molar-refractivity contribution in [2.45, 2.75) is 62.6 Å². The van der Waals surface area contributed by atoms with Crippen LogP contribution in [0.1, 0.15) is 39.2 Å². The summed E-state index contributed by atoms with van der Waals surface area (Å²) in [4.78, 5) is 12.6. The van der Waals surface area contributed by atoms with Crippen LogP contribution < -0.4 is 10.4 Å². The predicted octanol–water partition coefficient (Wildman–Crippen LogP) is 3.87. The molecule has 1 aliphatic rings. The molecule has 3 aromatic rings. The summed E-state index contributed by atoms with van der Waals surface area (Å²) >= 11 is 0. The average molecular weight is 596 g/mol. The molecule has 0 aliphatic carbocycles. The van der Waals surface area contributed by atoms with Crippen LogP contribution in [0.4, 0.5) is 0 Å². The van der Waals surface area contributed by atoms with Crippen molar-refractivity contribution in [1.29, 1.82) is 0 Å². The number of rotatable bonds is 10. The number of carbonyl (C=O) groups is 1. The monoisotopic (exact) mass is 595 g/mol. The van der Waals surface area contributed by atoms with Gasteiger partial charge in [0.1, 0.15) is 0 Å². The van der Waals surface area contributed by atoms with E-state index in [0.29, 0.717) is 6.42 Å². The van der Waals surface area contributed by atoms with Crippen molar-refractivity contribution >= 4 is 34.7 Å². The van der Waals surface area contributed by atoms with E-state index >= 15 is 0 Å². The van der Waals surface area contributed by atoms with E-state index in [9.17, 15) is 18.3 Å². The zero-order chi connectivity index (χ0) is 29.8. The Labute approximate surface area is 245 Å². The fraction of sp³-hybridized carbons (Fsp3) is 0.406. The van der Waals surface area contributed by atoms with Gasteiger partial charge in [-0.2, -0.15) is 4.31 Å². The van der Waals surface area contributed by atoms with Gasteiger partial charge in [-0.3, -0.25) is 4.79 Å². The summed E-state index contributed by atoms with van der Waals surface area (Å²) in [6.07, 6.45) is -0.745. The summed E-state index contributed by atoms with van der Waals surface area (Å²) in [7, 11) is -5.53. The molecule has 0 amide bonds. The summed E-state index contributed by atoms with van der Waals surface area (Å²) in [5.41, 5.74) is 0.949. The minimum atomic E-state index is -3.90. The van der Waals surface area contributed by atoms with Gasteiger partial charge in [-0.1, -0.05) is 99.1 Å². The van der Waals surface area contributed by atoms with Crippen molar-refractivity contribution in [2.75, 3.05) is 20.3 Å². The van der Waals surface area contributed by atoms with Crippen molar-refractivity contribution < 1.29 is 27.5 Å². The van der Waals surface area contributed by atoms with Crippen LogP contribution in [0.2, 0.25) is 5.04 Å². The quantitative estimate of drug-likeness (QED) is 0.283. The molecule has 9 heteroatoms. The van der Waals surface area contributed by atoms with Gasteiger partial charge in [0.15, 0.2) is 0 Å². The maximum absolute atomic E-state index is 13.7.